The minimum Gasteiger partial charge on any atom is -0.489 e. The second-order valence-electron chi connectivity index (χ2n) is 7.96. The Labute approximate surface area is 148 Å². The van der Waals surface area contributed by atoms with E-state index < -0.39 is 21.6 Å². The summed E-state index contributed by atoms with van der Waals surface area (Å²) in [6.07, 6.45) is 7.24. The van der Waals surface area contributed by atoms with Gasteiger partial charge in [0.1, 0.15) is 16.7 Å². The van der Waals surface area contributed by atoms with Crippen LogP contribution in [0, 0.1) is 11.8 Å². The van der Waals surface area contributed by atoms with Crippen molar-refractivity contribution in [2.45, 2.75) is 63.0 Å². The number of carbonyl (C=O) groups is 1. The van der Waals surface area contributed by atoms with Gasteiger partial charge in [0, 0.05) is 11.7 Å². The van der Waals surface area contributed by atoms with Crippen LogP contribution in [0.15, 0.2) is 23.4 Å². The van der Waals surface area contributed by atoms with Gasteiger partial charge in [-0.2, -0.15) is 0 Å². The third kappa shape index (κ3) is 4.23. The summed E-state index contributed by atoms with van der Waals surface area (Å²) in [5.41, 5.74) is -0.545. The highest BCUT2D eigenvalue weighted by Crippen LogP contribution is 2.46. The number of amides is 2. The molecule has 138 valence electrons. The maximum absolute atomic E-state index is 12.6. The van der Waals surface area contributed by atoms with Gasteiger partial charge in [-0.1, -0.05) is 0 Å². The molecule has 2 aliphatic rings. The molecule has 0 spiro atoms. The zero-order chi connectivity index (χ0) is 18.2. The molecule has 2 aliphatic carbocycles. The molecule has 8 heteroatoms. The van der Waals surface area contributed by atoms with Crippen LogP contribution in [0.5, 0.6) is 5.75 Å². The first kappa shape index (κ1) is 18.0. The summed E-state index contributed by atoms with van der Waals surface area (Å²) >= 11 is 0. The van der Waals surface area contributed by atoms with Crippen molar-refractivity contribution in [3.05, 3.63) is 18.5 Å². The summed E-state index contributed by atoms with van der Waals surface area (Å²) in [6, 6.07) is 0.768. The Balaban J connectivity index is 1.76. The average Bonchev–Trinajstić information content (AvgIpc) is 3.07. The predicted molar refractivity (Wildman–Crippen MR) is 92.7 cm³/mol. The summed E-state index contributed by atoms with van der Waals surface area (Å²) < 4.78 is 33.2. The molecule has 2 fully saturated rings. The van der Waals surface area contributed by atoms with Crippen molar-refractivity contribution < 1.29 is 17.9 Å². The van der Waals surface area contributed by atoms with E-state index in [1.54, 1.807) is 26.8 Å². The Morgan fingerprint density at radius 2 is 2.04 bits per heavy atom. The smallest absolute Gasteiger partial charge is 0.329 e. The van der Waals surface area contributed by atoms with E-state index in [9.17, 15) is 13.2 Å². The molecule has 1 aromatic heterocycles. The molecule has 0 aliphatic heterocycles. The van der Waals surface area contributed by atoms with Crippen LogP contribution >= 0.6 is 0 Å². The van der Waals surface area contributed by atoms with Crippen molar-refractivity contribution in [1.29, 1.82) is 0 Å². The lowest BCUT2D eigenvalue weighted by Crippen LogP contribution is -2.48. The highest BCUT2D eigenvalue weighted by atomic mass is 32.2. The molecule has 25 heavy (non-hydrogen) atoms. The van der Waals surface area contributed by atoms with Gasteiger partial charge in [0.25, 0.3) is 10.0 Å². The second kappa shape index (κ2) is 6.48. The number of pyridine rings is 1. The number of nitrogens with zero attached hydrogens (tertiary/aromatic N) is 1. The van der Waals surface area contributed by atoms with Gasteiger partial charge in [-0.15, -0.1) is 0 Å². The Bertz CT molecular complexity index is 757. The quantitative estimate of drug-likeness (QED) is 0.852. The number of carbonyl (C=O) groups excluding carboxylic acids is 1. The number of aromatic nitrogens is 1. The topological polar surface area (TPSA) is 97.4 Å². The lowest BCUT2D eigenvalue weighted by atomic mass is 9.98. The first-order valence-electron chi connectivity index (χ1n) is 8.60. The van der Waals surface area contributed by atoms with Gasteiger partial charge >= 0.3 is 6.03 Å². The van der Waals surface area contributed by atoms with Crippen LogP contribution in [-0.2, 0) is 10.0 Å². The van der Waals surface area contributed by atoms with Gasteiger partial charge in [0.15, 0.2) is 0 Å². The van der Waals surface area contributed by atoms with E-state index in [-0.39, 0.29) is 16.7 Å². The number of hydrogen-bond acceptors (Lipinski definition) is 5. The van der Waals surface area contributed by atoms with Gasteiger partial charge < -0.3 is 10.1 Å². The number of fused-ring (bicyclic) bond motifs is 2. The third-order valence-electron chi connectivity index (χ3n) is 4.70. The molecule has 2 N–H and O–H groups in total. The van der Waals surface area contributed by atoms with Crippen LogP contribution in [0.4, 0.5) is 4.79 Å². The van der Waals surface area contributed by atoms with Crippen molar-refractivity contribution in [2.24, 2.45) is 11.8 Å². The fraction of sp³-hybridized carbons (Fsp3) is 0.647. The van der Waals surface area contributed by atoms with E-state index in [1.165, 1.54) is 18.8 Å². The van der Waals surface area contributed by atoms with Gasteiger partial charge in [0.05, 0.1) is 6.20 Å². The van der Waals surface area contributed by atoms with Crippen LogP contribution in [0.2, 0.25) is 0 Å². The van der Waals surface area contributed by atoms with Crippen LogP contribution in [0.3, 0.4) is 0 Å². The normalized spacial score (nSPS) is 25.6. The zero-order valence-corrected chi connectivity index (χ0v) is 15.6. The average molecular weight is 367 g/mol. The Hall–Kier alpha value is -1.83. The van der Waals surface area contributed by atoms with Crippen molar-refractivity contribution >= 4 is 16.1 Å². The van der Waals surface area contributed by atoms with Gasteiger partial charge in [-0.3, -0.25) is 4.98 Å². The maximum Gasteiger partial charge on any atom is 0.329 e. The summed E-state index contributed by atoms with van der Waals surface area (Å²) in [5.74, 6) is 1.43. The number of rotatable bonds is 4. The van der Waals surface area contributed by atoms with Crippen LogP contribution in [0.25, 0.3) is 0 Å². The van der Waals surface area contributed by atoms with Gasteiger partial charge in [0.2, 0.25) is 0 Å². The minimum atomic E-state index is -4.07. The molecule has 2 saturated carbocycles. The molecule has 2 amide bonds. The molecule has 0 radical (unpaired) electrons. The molecule has 3 rings (SSSR count). The molecule has 0 aromatic carbocycles. The van der Waals surface area contributed by atoms with Crippen molar-refractivity contribution in [2.75, 3.05) is 0 Å². The lowest BCUT2D eigenvalue weighted by Gasteiger charge is -2.24. The zero-order valence-electron chi connectivity index (χ0n) is 14.8. The molecule has 0 unspecified atom stereocenters. The van der Waals surface area contributed by atoms with E-state index in [4.69, 9.17) is 4.74 Å². The highest BCUT2D eigenvalue weighted by molar-refractivity contribution is 7.90. The SMILES string of the molecule is CC(C)(C)NC(=O)NS(=O)(=O)c1cnccc1O[C@@H]1C[C@H]2CC[C@@H]1C2. The fourth-order valence-electron chi connectivity index (χ4n) is 3.70. The first-order valence-corrected chi connectivity index (χ1v) is 10.1. The molecule has 0 saturated heterocycles. The molecular formula is C17H25N3O4S. The van der Waals surface area contributed by atoms with E-state index in [0.29, 0.717) is 11.8 Å². The molecule has 7 nitrogen and oxygen atoms in total. The standard InChI is InChI=1S/C17H25N3O4S/c1-17(2,3)19-16(21)20-25(22,23)15-10-18-7-6-13(15)24-14-9-11-4-5-12(14)8-11/h6-7,10-12,14H,4-5,8-9H2,1-3H3,(H2,19,20,21)/t11-,12+,14+/m0/s1. The van der Waals surface area contributed by atoms with E-state index in [1.807, 2.05) is 4.72 Å². The highest BCUT2D eigenvalue weighted by Gasteiger charge is 2.41. The Morgan fingerprint density at radius 1 is 1.28 bits per heavy atom. The Morgan fingerprint density at radius 3 is 2.64 bits per heavy atom. The van der Waals surface area contributed by atoms with Gasteiger partial charge in [-0.25, -0.2) is 17.9 Å². The van der Waals surface area contributed by atoms with E-state index in [2.05, 4.69) is 10.3 Å². The van der Waals surface area contributed by atoms with Crippen LogP contribution in [-0.4, -0.2) is 31.1 Å². The maximum atomic E-state index is 12.6. The largest absolute Gasteiger partial charge is 0.489 e. The lowest BCUT2D eigenvalue weighted by molar-refractivity contribution is 0.134. The summed E-state index contributed by atoms with van der Waals surface area (Å²) in [5, 5.41) is 2.57. The fourth-order valence-corrected chi connectivity index (χ4v) is 4.69. The number of urea groups is 1. The third-order valence-corrected chi connectivity index (χ3v) is 6.04. The van der Waals surface area contributed by atoms with Crippen molar-refractivity contribution in [1.82, 2.24) is 15.0 Å². The van der Waals surface area contributed by atoms with E-state index in [0.717, 1.165) is 19.3 Å². The summed E-state index contributed by atoms with van der Waals surface area (Å²) in [4.78, 5) is 15.7. The second-order valence-corrected chi connectivity index (χ2v) is 9.61. The number of ether oxygens (including phenoxy) is 1. The Kier molecular flexibility index (Phi) is 4.66. The summed E-state index contributed by atoms with van der Waals surface area (Å²) in [6.45, 7) is 5.31. The molecule has 3 atom stereocenters. The van der Waals surface area contributed by atoms with Crippen molar-refractivity contribution in [3.63, 3.8) is 0 Å². The number of nitrogens with one attached hydrogen (secondary N) is 2. The molecule has 1 aromatic rings. The first-order chi connectivity index (χ1) is 11.6. The van der Waals surface area contributed by atoms with E-state index >= 15 is 0 Å². The summed E-state index contributed by atoms with van der Waals surface area (Å²) in [7, 11) is -4.07. The van der Waals surface area contributed by atoms with Crippen molar-refractivity contribution in [3.8, 4) is 5.75 Å². The van der Waals surface area contributed by atoms with Gasteiger partial charge in [-0.05, 0) is 64.4 Å². The number of sulfonamides is 1. The predicted octanol–water partition coefficient (Wildman–Crippen LogP) is 2.44. The van der Waals surface area contributed by atoms with Crippen LogP contribution < -0.4 is 14.8 Å². The monoisotopic (exact) mass is 367 g/mol. The molecule has 2 bridgehead atoms. The minimum absolute atomic E-state index is 0.0403. The van der Waals surface area contributed by atoms with Crippen LogP contribution in [0.1, 0.15) is 46.5 Å². The molecular weight excluding hydrogens is 342 g/mol. The number of hydrogen-bond donors (Lipinski definition) is 2. The molecule has 1 heterocycles.